The molecule has 0 radical (unpaired) electrons. The molecular weight excluding hydrogens is 620 g/mol. The minimum Gasteiger partial charge on any atom is -0.462 e. The molecule has 298 valence electrons. The average Bonchev–Trinajstić information content (AvgIpc) is 3.10. The molecule has 5 nitrogen and oxygen atoms in total. The van der Waals surface area contributed by atoms with Crippen molar-refractivity contribution in [2.24, 2.45) is 11.8 Å². The number of ether oxygens (including phenoxy) is 2. The summed E-state index contributed by atoms with van der Waals surface area (Å²) in [4.78, 5) is 24.3. The van der Waals surface area contributed by atoms with Gasteiger partial charge in [0.2, 0.25) is 0 Å². The minimum atomic E-state index is -0.763. The Morgan fingerprint density at radius 1 is 0.460 bits per heavy atom. The number of aliphatic hydroxyl groups is 1. The Bertz CT molecular complexity index is 708. The number of rotatable bonds is 40. The molecule has 50 heavy (non-hydrogen) atoms. The number of aliphatic hydroxyl groups excluding tert-OH is 1. The second kappa shape index (κ2) is 39.1. The van der Waals surface area contributed by atoms with Crippen LogP contribution in [-0.4, -0.2) is 36.4 Å². The number of hydrogen-bond donors (Lipinski definition) is 1. The van der Waals surface area contributed by atoms with E-state index in [0.29, 0.717) is 12.8 Å². The lowest BCUT2D eigenvalue weighted by Gasteiger charge is -2.15. The van der Waals surface area contributed by atoms with Crippen LogP contribution in [0.5, 0.6) is 0 Å². The van der Waals surface area contributed by atoms with Gasteiger partial charge >= 0.3 is 11.9 Å². The fourth-order valence-electron chi connectivity index (χ4n) is 6.83. The molecule has 0 aliphatic rings. The Labute approximate surface area is 312 Å². The molecule has 0 spiro atoms. The lowest BCUT2D eigenvalue weighted by molar-refractivity contribution is -0.161. The van der Waals surface area contributed by atoms with Crippen LogP contribution < -0.4 is 0 Å². The third kappa shape index (κ3) is 38.1. The van der Waals surface area contributed by atoms with E-state index in [1.54, 1.807) is 0 Å². The topological polar surface area (TPSA) is 72.8 Å². The summed E-state index contributed by atoms with van der Waals surface area (Å²) < 4.78 is 10.7. The van der Waals surface area contributed by atoms with Crippen LogP contribution in [0, 0.1) is 11.8 Å². The molecular formula is C45H88O5. The van der Waals surface area contributed by atoms with Crippen LogP contribution in [0.3, 0.4) is 0 Å². The largest absolute Gasteiger partial charge is 0.462 e. The van der Waals surface area contributed by atoms with Crippen LogP contribution in [0.25, 0.3) is 0 Å². The highest BCUT2D eigenvalue weighted by molar-refractivity contribution is 5.70. The molecule has 0 aromatic heterocycles. The number of hydrogen-bond acceptors (Lipinski definition) is 5. The molecule has 0 aliphatic carbocycles. The van der Waals surface area contributed by atoms with Gasteiger partial charge in [-0.3, -0.25) is 9.59 Å². The van der Waals surface area contributed by atoms with Crippen LogP contribution in [0.2, 0.25) is 0 Å². The summed E-state index contributed by atoms with van der Waals surface area (Å²) in [6.45, 7) is 8.93. The molecule has 0 aromatic carbocycles. The van der Waals surface area contributed by atoms with E-state index < -0.39 is 6.10 Å². The number of esters is 2. The highest BCUT2D eigenvalue weighted by Gasteiger charge is 2.16. The van der Waals surface area contributed by atoms with Crippen molar-refractivity contribution in [1.82, 2.24) is 0 Å². The van der Waals surface area contributed by atoms with Gasteiger partial charge in [0.15, 0.2) is 6.10 Å². The normalized spacial score (nSPS) is 12.8. The highest BCUT2D eigenvalue weighted by Crippen LogP contribution is 2.17. The Morgan fingerprint density at radius 3 is 1.12 bits per heavy atom. The summed E-state index contributed by atoms with van der Waals surface area (Å²) >= 11 is 0. The summed E-state index contributed by atoms with van der Waals surface area (Å²) in [6, 6.07) is 0. The summed E-state index contributed by atoms with van der Waals surface area (Å²) in [5, 5.41) is 9.59. The Morgan fingerprint density at radius 2 is 0.780 bits per heavy atom. The first kappa shape index (κ1) is 48.9. The predicted octanol–water partition coefficient (Wildman–Crippen LogP) is 14.0. The van der Waals surface area contributed by atoms with Crippen molar-refractivity contribution in [3.63, 3.8) is 0 Å². The van der Waals surface area contributed by atoms with Gasteiger partial charge in [-0.1, -0.05) is 220 Å². The smallest absolute Gasteiger partial charge is 0.306 e. The van der Waals surface area contributed by atoms with E-state index in [1.807, 2.05) is 0 Å². The lowest BCUT2D eigenvalue weighted by Crippen LogP contribution is -2.28. The maximum absolute atomic E-state index is 12.2. The molecule has 0 bridgehead atoms. The van der Waals surface area contributed by atoms with Gasteiger partial charge in [-0.25, -0.2) is 0 Å². The maximum atomic E-state index is 12.2. The number of unbranched alkanes of at least 4 members (excludes halogenated alkanes) is 27. The van der Waals surface area contributed by atoms with Crippen molar-refractivity contribution < 1.29 is 24.2 Å². The quantitative estimate of drug-likeness (QED) is 0.0507. The van der Waals surface area contributed by atoms with Crippen molar-refractivity contribution in [3.05, 3.63) is 0 Å². The van der Waals surface area contributed by atoms with Gasteiger partial charge in [-0.15, -0.1) is 0 Å². The maximum Gasteiger partial charge on any atom is 0.306 e. The van der Waals surface area contributed by atoms with E-state index in [-0.39, 0.29) is 25.2 Å². The standard InChI is InChI=1S/C45H88O5/c1-5-42(4)36-32-28-24-20-16-12-9-10-13-17-21-25-29-33-37-44(47)49-40-43(39-46)50-45(48)38-34-30-26-22-18-14-8-6-7-11-15-19-23-27-31-35-41(2)3/h41-43,46H,5-40H2,1-4H3/t42?,43-/m0/s1. The number of carbonyl (C=O) groups excluding carboxylic acids is 2. The first-order chi connectivity index (χ1) is 24.4. The molecule has 0 aromatic rings. The van der Waals surface area contributed by atoms with E-state index in [9.17, 15) is 14.7 Å². The van der Waals surface area contributed by atoms with Crippen LogP contribution in [0.1, 0.15) is 246 Å². The van der Waals surface area contributed by atoms with Gasteiger partial charge in [0.05, 0.1) is 6.61 Å². The third-order valence-electron chi connectivity index (χ3n) is 10.6. The van der Waals surface area contributed by atoms with E-state index in [0.717, 1.165) is 43.9 Å². The fourth-order valence-corrected chi connectivity index (χ4v) is 6.83. The zero-order chi connectivity index (χ0) is 36.8. The minimum absolute atomic E-state index is 0.0578. The fraction of sp³-hybridized carbons (Fsp3) is 0.956. The highest BCUT2D eigenvalue weighted by atomic mass is 16.6. The van der Waals surface area contributed by atoms with Crippen molar-refractivity contribution in [2.75, 3.05) is 13.2 Å². The summed E-state index contributed by atoms with van der Waals surface area (Å²) in [7, 11) is 0. The first-order valence-corrected chi connectivity index (χ1v) is 22.3. The SMILES string of the molecule is CCC(C)CCCCCCCCCCCCCCCCC(=O)OC[C@H](CO)OC(=O)CCCCCCCCCCCCCCCCCC(C)C. The Balaban J connectivity index is 3.47. The van der Waals surface area contributed by atoms with Gasteiger partial charge in [-0.2, -0.15) is 0 Å². The number of carbonyl (C=O) groups is 2. The van der Waals surface area contributed by atoms with Crippen LogP contribution in [-0.2, 0) is 19.1 Å². The molecule has 0 aliphatic heterocycles. The van der Waals surface area contributed by atoms with Gasteiger partial charge in [0.25, 0.3) is 0 Å². The molecule has 5 heteroatoms. The van der Waals surface area contributed by atoms with Crippen molar-refractivity contribution in [3.8, 4) is 0 Å². The monoisotopic (exact) mass is 709 g/mol. The molecule has 0 rings (SSSR count). The molecule has 0 saturated heterocycles. The Hall–Kier alpha value is -1.10. The summed E-state index contributed by atoms with van der Waals surface area (Å²) in [5.41, 5.74) is 0. The van der Waals surface area contributed by atoms with Gasteiger partial charge in [0, 0.05) is 12.8 Å². The van der Waals surface area contributed by atoms with Crippen molar-refractivity contribution >= 4 is 11.9 Å². The van der Waals surface area contributed by atoms with E-state index in [4.69, 9.17) is 9.47 Å². The zero-order valence-electron chi connectivity index (χ0n) is 34.3. The lowest BCUT2D eigenvalue weighted by atomic mass is 9.99. The van der Waals surface area contributed by atoms with Crippen LogP contribution in [0.4, 0.5) is 0 Å². The van der Waals surface area contributed by atoms with Crippen molar-refractivity contribution in [2.45, 2.75) is 252 Å². The van der Waals surface area contributed by atoms with Crippen LogP contribution >= 0.6 is 0 Å². The van der Waals surface area contributed by atoms with E-state index >= 15 is 0 Å². The Kier molecular flexibility index (Phi) is 38.3. The molecule has 0 heterocycles. The molecule has 1 unspecified atom stereocenters. The van der Waals surface area contributed by atoms with Gasteiger partial charge < -0.3 is 14.6 Å². The zero-order valence-corrected chi connectivity index (χ0v) is 34.3. The van der Waals surface area contributed by atoms with Crippen LogP contribution in [0.15, 0.2) is 0 Å². The first-order valence-electron chi connectivity index (χ1n) is 22.3. The van der Waals surface area contributed by atoms with Crippen molar-refractivity contribution in [1.29, 1.82) is 0 Å². The summed E-state index contributed by atoms with van der Waals surface area (Å²) in [5.74, 6) is 1.18. The molecule has 1 N–H and O–H groups in total. The summed E-state index contributed by atoms with van der Waals surface area (Å²) in [6.07, 6.45) is 41.6. The predicted molar refractivity (Wildman–Crippen MR) is 215 cm³/mol. The third-order valence-corrected chi connectivity index (χ3v) is 10.6. The van der Waals surface area contributed by atoms with E-state index in [2.05, 4.69) is 27.7 Å². The molecule has 0 fully saturated rings. The second-order valence-corrected chi connectivity index (χ2v) is 16.2. The van der Waals surface area contributed by atoms with Gasteiger partial charge in [-0.05, 0) is 24.7 Å². The average molecular weight is 709 g/mol. The van der Waals surface area contributed by atoms with E-state index in [1.165, 1.54) is 173 Å². The second-order valence-electron chi connectivity index (χ2n) is 16.2. The molecule has 0 amide bonds. The molecule has 0 saturated carbocycles. The molecule has 2 atom stereocenters. The van der Waals surface area contributed by atoms with Gasteiger partial charge in [0.1, 0.15) is 6.61 Å².